The highest BCUT2D eigenvalue weighted by atomic mass is 19.4. The van der Waals surface area contributed by atoms with Crippen LogP contribution in [-0.2, 0) is 18.5 Å². The molecule has 1 aliphatic carbocycles. The number of nitrogens with two attached hydrogens (primary N) is 1. The highest BCUT2D eigenvalue weighted by molar-refractivity contribution is 5.93. The third kappa shape index (κ3) is 3.20. The van der Waals surface area contributed by atoms with Crippen LogP contribution in [0.5, 0.6) is 0 Å². The Bertz CT molecular complexity index is 1170. The standard InChI is InChI=1S/C23H21F7N2/c1-3-12-9-15(21(24,22(25,26)27)23(28,29)30)10-17-11(2)19(32-20(12)17)14-4-6-16-13(8-14)5-7-18(16)31/h4,6,8-10,18,32H,3,5,7,31H2,1-2H3. The number of benzene rings is 2. The lowest BCUT2D eigenvalue weighted by atomic mass is 9.90. The number of aromatic nitrogens is 1. The highest BCUT2D eigenvalue weighted by Gasteiger charge is 2.73. The Kier molecular flexibility index (Phi) is 5.11. The normalized spacial score (nSPS) is 17.2. The van der Waals surface area contributed by atoms with Crippen molar-refractivity contribution < 1.29 is 30.7 Å². The molecule has 0 saturated heterocycles. The smallest absolute Gasteiger partial charge is 0.354 e. The quantitative estimate of drug-likeness (QED) is 0.410. The van der Waals surface area contributed by atoms with E-state index in [1.807, 2.05) is 18.2 Å². The first kappa shape index (κ1) is 22.6. The maximum atomic E-state index is 14.8. The summed E-state index contributed by atoms with van der Waals surface area (Å²) in [5.41, 5.74) is 3.55. The maximum Gasteiger partial charge on any atom is 0.435 e. The summed E-state index contributed by atoms with van der Waals surface area (Å²) in [6.45, 7) is 3.18. The number of H-pyrrole nitrogens is 1. The van der Waals surface area contributed by atoms with Gasteiger partial charge in [-0.25, -0.2) is 4.39 Å². The fourth-order valence-electron chi connectivity index (χ4n) is 4.56. The Hall–Kier alpha value is -2.55. The molecule has 2 nitrogen and oxygen atoms in total. The minimum Gasteiger partial charge on any atom is -0.354 e. The highest BCUT2D eigenvalue weighted by Crippen LogP contribution is 2.54. The molecule has 0 spiro atoms. The van der Waals surface area contributed by atoms with E-state index in [9.17, 15) is 30.7 Å². The van der Waals surface area contributed by atoms with Gasteiger partial charge >= 0.3 is 18.0 Å². The Morgan fingerprint density at radius 1 is 1.00 bits per heavy atom. The number of aryl methyl sites for hydroxylation is 3. The van der Waals surface area contributed by atoms with Crippen LogP contribution in [0.3, 0.4) is 0 Å². The van der Waals surface area contributed by atoms with Crippen LogP contribution in [0.15, 0.2) is 30.3 Å². The summed E-state index contributed by atoms with van der Waals surface area (Å²) in [5, 5.41) is 0.127. The van der Waals surface area contributed by atoms with E-state index in [0.717, 1.165) is 29.5 Å². The summed E-state index contributed by atoms with van der Waals surface area (Å²) in [6.07, 6.45) is -10.6. The zero-order valence-corrected chi connectivity index (χ0v) is 17.3. The van der Waals surface area contributed by atoms with E-state index in [-0.39, 0.29) is 23.4 Å². The summed E-state index contributed by atoms with van der Waals surface area (Å²) in [4.78, 5) is 3.14. The molecule has 0 fully saturated rings. The van der Waals surface area contributed by atoms with Crippen molar-refractivity contribution in [1.82, 2.24) is 4.98 Å². The van der Waals surface area contributed by atoms with Gasteiger partial charge in [0, 0.05) is 28.2 Å². The monoisotopic (exact) mass is 458 g/mol. The van der Waals surface area contributed by atoms with Gasteiger partial charge < -0.3 is 10.7 Å². The fourth-order valence-corrected chi connectivity index (χ4v) is 4.56. The zero-order valence-electron chi connectivity index (χ0n) is 17.3. The zero-order chi connectivity index (χ0) is 23.6. The number of hydrogen-bond donors (Lipinski definition) is 2. The first-order valence-electron chi connectivity index (χ1n) is 10.2. The number of alkyl halides is 7. The van der Waals surface area contributed by atoms with Crippen molar-refractivity contribution in [1.29, 1.82) is 0 Å². The lowest BCUT2D eigenvalue weighted by Gasteiger charge is -2.30. The van der Waals surface area contributed by atoms with E-state index in [1.54, 1.807) is 13.8 Å². The van der Waals surface area contributed by atoms with Gasteiger partial charge in [-0.1, -0.05) is 19.1 Å². The van der Waals surface area contributed by atoms with Gasteiger partial charge in [-0.2, -0.15) is 26.3 Å². The van der Waals surface area contributed by atoms with Crippen LogP contribution >= 0.6 is 0 Å². The van der Waals surface area contributed by atoms with Gasteiger partial charge in [-0.05, 0) is 72.2 Å². The van der Waals surface area contributed by atoms with Crippen LogP contribution in [0, 0.1) is 6.92 Å². The van der Waals surface area contributed by atoms with Crippen molar-refractivity contribution in [3.8, 4) is 11.3 Å². The second-order valence-electron chi connectivity index (χ2n) is 8.25. The molecule has 172 valence electrons. The fraction of sp³-hybridized carbons (Fsp3) is 0.391. The van der Waals surface area contributed by atoms with Gasteiger partial charge in [0.15, 0.2) is 0 Å². The minimum atomic E-state index is -6.16. The molecule has 32 heavy (non-hydrogen) atoms. The van der Waals surface area contributed by atoms with Crippen LogP contribution in [0.1, 0.15) is 47.2 Å². The average Bonchev–Trinajstić information content (AvgIpc) is 3.25. The SMILES string of the molecule is CCc1cc(C(F)(C(F)(F)F)C(F)(F)F)cc2c(C)c(-c3ccc4c(c3)CCC4N)[nH]c12. The van der Waals surface area contributed by atoms with Crippen molar-refractivity contribution in [2.24, 2.45) is 5.73 Å². The molecule has 0 aliphatic heterocycles. The van der Waals surface area contributed by atoms with E-state index in [1.165, 1.54) is 0 Å². The number of rotatable bonds is 3. The summed E-state index contributed by atoms with van der Waals surface area (Å²) in [6, 6.07) is 6.90. The Morgan fingerprint density at radius 2 is 1.66 bits per heavy atom. The maximum absolute atomic E-state index is 14.8. The first-order chi connectivity index (χ1) is 14.8. The van der Waals surface area contributed by atoms with Crippen LogP contribution in [0.4, 0.5) is 30.7 Å². The van der Waals surface area contributed by atoms with E-state index < -0.39 is 23.6 Å². The van der Waals surface area contributed by atoms with E-state index in [4.69, 9.17) is 5.73 Å². The summed E-state index contributed by atoms with van der Waals surface area (Å²) in [5.74, 6) is 0. The lowest BCUT2D eigenvalue weighted by molar-refractivity contribution is -0.348. The van der Waals surface area contributed by atoms with E-state index in [0.29, 0.717) is 28.9 Å². The predicted octanol–water partition coefficient (Wildman–Crippen LogP) is 6.94. The molecule has 1 aromatic heterocycles. The van der Waals surface area contributed by atoms with Gasteiger partial charge in [0.2, 0.25) is 0 Å². The third-order valence-electron chi connectivity index (χ3n) is 6.36. The molecule has 0 amide bonds. The van der Waals surface area contributed by atoms with Gasteiger partial charge in [0.05, 0.1) is 0 Å². The van der Waals surface area contributed by atoms with E-state index in [2.05, 4.69) is 4.98 Å². The van der Waals surface area contributed by atoms with Crippen molar-refractivity contribution in [2.75, 3.05) is 0 Å². The molecule has 0 bridgehead atoms. The molecular formula is C23H21F7N2. The number of hydrogen-bond acceptors (Lipinski definition) is 1. The van der Waals surface area contributed by atoms with Gasteiger partial charge in [0.25, 0.3) is 0 Å². The van der Waals surface area contributed by atoms with Crippen molar-refractivity contribution in [3.05, 3.63) is 58.1 Å². The molecule has 1 atom stereocenters. The average molecular weight is 458 g/mol. The lowest BCUT2D eigenvalue weighted by Crippen LogP contribution is -2.50. The molecule has 1 heterocycles. The number of nitrogens with one attached hydrogen (secondary N) is 1. The Labute approximate surface area is 179 Å². The molecule has 0 saturated carbocycles. The molecule has 0 radical (unpaired) electrons. The van der Waals surface area contributed by atoms with Crippen molar-refractivity contribution >= 4 is 10.9 Å². The van der Waals surface area contributed by atoms with E-state index >= 15 is 0 Å². The summed E-state index contributed by atoms with van der Waals surface area (Å²) in [7, 11) is 0. The molecule has 4 rings (SSSR count). The molecule has 3 N–H and O–H groups in total. The predicted molar refractivity (Wildman–Crippen MR) is 108 cm³/mol. The molecular weight excluding hydrogens is 437 g/mol. The molecule has 9 heteroatoms. The molecule has 1 unspecified atom stereocenters. The first-order valence-corrected chi connectivity index (χ1v) is 10.2. The number of fused-ring (bicyclic) bond motifs is 2. The van der Waals surface area contributed by atoms with Gasteiger partial charge in [0.1, 0.15) is 0 Å². The van der Waals surface area contributed by atoms with Crippen LogP contribution in [0.2, 0.25) is 0 Å². The summed E-state index contributed by atoms with van der Waals surface area (Å²) >= 11 is 0. The Morgan fingerprint density at radius 3 is 2.25 bits per heavy atom. The van der Waals surface area contributed by atoms with Crippen molar-refractivity contribution in [3.63, 3.8) is 0 Å². The number of halogens is 7. The molecule has 1 aliphatic rings. The third-order valence-corrected chi connectivity index (χ3v) is 6.36. The minimum absolute atomic E-state index is 0.0560. The molecule has 3 aromatic rings. The largest absolute Gasteiger partial charge is 0.435 e. The van der Waals surface area contributed by atoms with Gasteiger partial charge in [-0.15, -0.1) is 0 Å². The van der Waals surface area contributed by atoms with Crippen LogP contribution in [-0.4, -0.2) is 17.3 Å². The number of aromatic amines is 1. The Balaban J connectivity index is 1.94. The van der Waals surface area contributed by atoms with Crippen LogP contribution < -0.4 is 5.73 Å². The topological polar surface area (TPSA) is 41.8 Å². The van der Waals surface area contributed by atoms with Crippen molar-refractivity contribution in [2.45, 2.75) is 57.2 Å². The summed E-state index contributed by atoms with van der Waals surface area (Å²) < 4.78 is 94.8. The van der Waals surface area contributed by atoms with Gasteiger partial charge in [-0.3, -0.25) is 0 Å². The second-order valence-corrected chi connectivity index (χ2v) is 8.25. The second kappa shape index (κ2) is 7.23. The molecule has 2 aromatic carbocycles. The van der Waals surface area contributed by atoms with Crippen LogP contribution in [0.25, 0.3) is 22.2 Å².